The van der Waals surface area contributed by atoms with Gasteiger partial charge in [0.05, 0.1) is 12.0 Å². The topological polar surface area (TPSA) is 81.7 Å². The molecule has 8 nitrogen and oxygen atoms in total. The number of ether oxygens (including phenoxy) is 2. The van der Waals surface area contributed by atoms with Gasteiger partial charge in [0.15, 0.2) is 0 Å². The van der Waals surface area contributed by atoms with Crippen LogP contribution in [0.1, 0.15) is 124 Å². The van der Waals surface area contributed by atoms with Crippen molar-refractivity contribution in [2.45, 2.75) is 131 Å². The molecule has 0 spiro atoms. The van der Waals surface area contributed by atoms with E-state index in [1.54, 1.807) is 35.5 Å². The molecule has 0 radical (unpaired) electrons. The average molecular weight is 737 g/mol. The summed E-state index contributed by atoms with van der Waals surface area (Å²) in [5.74, 6) is 2.05. The first-order valence-corrected chi connectivity index (χ1v) is 22.5. The third kappa shape index (κ3) is 16.1. The molecule has 10 heteroatoms. The summed E-state index contributed by atoms with van der Waals surface area (Å²) in [6, 6.07) is 17.7. The molecule has 0 aliphatic heterocycles. The molecule has 0 saturated carbocycles. The fourth-order valence-corrected chi connectivity index (χ4v) is 7.68. The van der Waals surface area contributed by atoms with Gasteiger partial charge in [-0.1, -0.05) is 77.9 Å². The third-order valence-electron chi connectivity index (χ3n) is 9.87. The number of hydrogen-bond acceptors (Lipinski definition) is 8. The van der Waals surface area contributed by atoms with E-state index in [2.05, 4.69) is 84.9 Å². The standard InChI is InChI=1S/C15H24O.C13H22O3Si.C12H26O4Si/c1-6-12(3)13-8-10-14(11-9-13)16-15(4,5)7-2;1-6-11(2)12-7-9-13(10-8-12)17(14-3,15-4)16-5;1-7-12(2,3)11(13)16-9-8-10-17(6,14-4)15-5/h8-12H,6-7H2,1-5H3;7-11H,6H2,1-5H3;7-10H2,1-6H3. The molecule has 0 aliphatic carbocycles. The number of carbonyl (C=O) groups excluding carboxylic acids is 1. The Kier molecular flexibility index (Phi) is 22.5. The zero-order valence-corrected chi connectivity index (χ0v) is 36.5. The summed E-state index contributed by atoms with van der Waals surface area (Å²) in [5.41, 5.74) is 2.27. The highest BCUT2D eigenvalue weighted by atomic mass is 28.4. The van der Waals surface area contributed by atoms with Gasteiger partial charge in [0.25, 0.3) is 0 Å². The molecule has 2 rings (SSSR count). The highest BCUT2D eigenvalue weighted by molar-refractivity contribution is 6.75. The quantitative estimate of drug-likeness (QED) is 0.0802. The Morgan fingerprint density at radius 2 is 1.12 bits per heavy atom. The van der Waals surface area contributed by atoms with Crippen molar-refractivity contribution in [2.24, 2.45) is 5.41 Å². The number of esters is 1. The maximum absolute atomic E-state index is 11.7. The van der Waals surface area contributed by atoms with E-state index in [0.717, 1.165) is 42.7 Å². The van der Waals surface area contributed by atoms with E-state index in [-0.39, 0.29) is 17.0 Å². The molecule has 50 heavy (non-hydrogen) atoms. The minimum atomic E-state index is -2.66. The third-order valence-corrected chi connectivity index (χ3v) is 15.5. The van der Waals surface area contributed by atoms with Crippen LogP contribution in [-0.2, 0) is 31.7 Å². The highest BCUT2D eigenvalue weighted by Gasteiger charge is 2.40. The molecule has 0 N–H and O–H groups in total. The van der Waals surface area contributed by atoms with E-state index < -0.39 is 17.4 Å². The van der Waals surface area contributed by atoms with Crippen LogP contribution < -0.4 is 9.92 Å². The zero-order valence-electron chi connectivity index (χ0n) is 34.5. The lowest BCUT2D eigenvalue weighted by molar-refractivity contribution is -0.154. The first-order valence-electron chi connectivity index (χ1n) is 18.2. The Morgan fingerprint density at radius 1 is 0.680 bits per heavy atom. The van der Waals surface area contributed by atoms with Gasteiger partial charge in [0, 0.05) is 40.7 Å². The molecule has 0 saturated heterocycles. The van der Waals surface area contributed by atoms with Gasteiger partial charge in [-0.2, -0.15) is 0 Å². The predicted octanol–water partition coefficient (Wildman–Crippen LogP) is 9.77. The van der Waals surface area contributed by atoms with E-state index in [4.69, 9.17) is 31.6 Å². The molecule has 2 atom stereocenters. The summed E-state index contributed by atoms with van der Waals surface area (Å²) in [7, 11) is 3.54. The van der Waals surface area contributed by atoms with Crippen molar-refractivity contribution in [1.29, 1.82) is 0 Å². The van der Waals surface area contributed by atoms with Gasteiger partial charge in [-0.25, -0.2) is 0 Å². The predicted molar refractivity (Wildman–Crippen MR) is 212 cm³/mol. The van der Waals surface area contributed by atoms with Crippen LogP contribution in [-0.4, -0.2) is 71.1 Å². The van der Waals surface area contributed by atoms with Crippen LogP contribution >= 0.6 is 0 Å². The van der Waals surface area contributed by atoms with Gasteiger partial charge < -0.3 is 31.6 Å². The second kappa shape index (κ2) is 23.5. The highest BCUT2D eigenvalue weighted by Crippen LogP contribution is 2.25. The Bertz CT molecular complexity index is 1170. The van der Waals surface area contributed by atoms with Gasteiger partial charge in [-0.05, 0) is 107 Å². The molecule has 0 bridgehead atoms. The van der Waals surface area contributed by atoms with E-state index in [0.29, 0.717) is 18.4 Å². The Balaban J connectivity index is 0.000000721. The fraction of sp³-hybridized carbons (Fsp3) is 0.675. The maximum Gasteiger partial charge on any atom is 0.536 e. The van der Waals surface area contributed by atoms with Gasteiger partial charge in [-0.15, -0.1) is 0 Å². The van der Waals surface area contributed by atoms with Crippen LogP contribution in [0.15, 0.2) is 48.5 Å². The summed E-state index contributed by atoms with van der Waals surface area (Å²) in [5, 5.41) is 0.997. The number of rotatable bonds is 19. The fourth-order valence-electron chi connectivity index (χ4n) is 4.53. The van der Waals surface area contributed by atoms with Crippen molar-refractivity contribution in [3.8, 4) is 5.75 Å². The molecule has 288 valence electrons. The molecular weight excluding hydrogens is 665 g/mol. The normalized spacial score (nSPS) is 13.3. The minimum Gasteiger partial charge on any atom is -0.488 e. The molecule has 2 aromatic carbocycles. The number of benzene rings is 2. The van der Waals surface area contributed by atoms with Crippen molar-refractivity contribution in [2.75, 3.05) is 42.2 Å². The Morgan fingerprint density at radius 3 is 1.48 bits per heavy atom. The first kappa shape index (κ1) is 47.9. The van der Waals surface area contributed by atoms with Gasteiger partial charge in [0.2, 0.25) is 0 Å². The second-order valence-corrected chi connectivity index (χ2v) is 20.7. The molecule has 2 unspecified atom stereocenters. The van der Waals surface area contributed by atoms with Crippen molar-refractivity contribution in [3.05, 3.63) is 59.7 Å². The molecule has 0 aromatic heterocycles. The molecule has 0 fully saturated rings. The first-order chi connectivity index (χ1) is 23.4. The lowest BCUT2D eigenvalue weighted by Crippen LogP contribution is -2.54. The molecule has 2 aromatic rings. The SMILES string of the molecule is CCC(C)(C)C(=O)OCCC[Si](C)(OC)OC.CCC(C)c1ccc(OC(C)(C)CC)cc1.CCC(C)c1ccc([Si](OC)(OC)OC)cc1. The van der Waals surface area contributed by atoms with Crippen LogP contribution in [0.3, 0.4) is 0 Å². The largest absolute Gasteiger partial charge is 0.536 e. The van der Waals surface area contributed by atoms with Crippen LogP contribution in [0.4, 0.5) is 0 Å². The van der Waals surface area contributed by atoms with E-state index in [9.17, 15) is 4.79 Å². The summed E-state index contributed by atoms with van der Waals surface area (Å²) in [6.07, 6.45) is 4.91. The van der Waals surface area contributed by atoms with Gasteiger partial charge in [-0.3, -0.25) is 4.79 Å². The van der Waals surface area contributed by atoms with Crippen LogP contribution in [0.2, 0.25) is 12.6 Å². The zero-order chi connectivity index (χ0) is 38.6. The lowest BCUT2D eigenvalue weighted by Gasteiger charge is -2.25. The second-order valence-electron chi connectivity index (χ2n) is 14.2. The molecule has 0 amide bonds. The summed E-state index contributed by atoms with van der Waals surface area (Å²) < 4.78 is 38.2. The van der Waals surface area contributed by atoms with Crippen molar-refractivity contribution in [1.82, 2.24) is 0 Å². The summed E-state index contributed by atoms with van der Waals surface area (Å²) in [4.78, 5) is 11.7. The smallest absolute Gasteiger partial charge is 0.488 e. The number of hydrogen-bond donors (Lipinski definition) is 0. The average Bonchev–Trinajstić information content (AvgIpc) is 3.14. The van der Waals surface area contributed by atoms with E-state index >= 15 is 0 Å². The lowest BCUT2D eigenvalue weighted by atomic mass is 9.91. The van der Waals surface area contributed by atoms with Gasteiger partial charge >= 0.3 is 23.3 Å². The summed E-state index contributed by atoms with van der Waals surface area (Å²) in [6.45, 7) is 23.5. The molecule has 0 aliphatic rings. The van der Waals surface area contributed by atoms with Crippen molar-refractivity contribution in [3.63, 3.8) is 0 Å². The van der Waals surface area contributed by atoms with Crippen molar-refractivity contribution < 1.29 is 36.4 Å². The van der Waals surface area contributed by atoms with E-state index in [1.807, 2.05) is 39.5 Å². The molecule has 0 heterocycles. The maximum atomic E-state index is 11.7. The summed E-state index contributed by atoms with van der Waals surface area (Å²) >= 11 is 0. The Labute approximate surface area is 308 Å². The number of carbonyl (C=O) groups is 1. The Hall–Kier alpha value is -2.06. The minimum absolute atomic E-state index is 0.0715. The van der Waals surface area contributed by atoms with Crippen LogP contribution in [0.25, 0.3) is 0 Å². The van der Waals surface area contributed by atoms with E-state index in [1.165, 1.54) is 17.5 Å². The van der Waals surface area contributed by atoms with Gasteiger partial charge in [0.1, 0.15) is 11.4 Å². The van der Waals surface area contributed by atoms with Crippen LogP contribution in [0.5, 0.6) is 5.75 Å². The molecular formula is C40H72O8Si2. The van der Waals surface area contributed by atoms with Crippen LogP contribution in [0, 0.1) is 5.41 Å². The monoisotopic (exact) mass is 736 g/mol. The van der Waals surface area contributed by atoms with Crippen molar-refractivity contribution >= 4 is 28.5 Å².